The van der Waals surface area contributed by atoms with Gasteiger partial charge in [-0.05, 0) is 27.7 Å². The number of rotatable bonds is 1. The van der Waals surface area contributed by atoms with Crippen LogP contribution in [0.25, 0.3) is 0 Å². The van der Waals surface area contributed by atoms with Gasteiger partial charge in [0.2, 0.25) is 0 Å². The van der Waals surface area contributed by atoms with Gasteiger partial charge >= 0.3 is 0 Å². The van der Waals surface area contributed by atoms with Gasteiger partial charge in [-0.25, -0.2) is 5.84 Å². The molecular formula is C12H20N2O6. The molecule has 8 heteroatoms. The van der Waals surface area contributed by atoms with Crippen molar-refractivity contribution in [2.75, 3.05) is 0 Å². The number of nitrogens with two attached hydrogens (primary N) is 1. The molecule has 3 rings (SSSR count). The minimum atomic E-state index is -0.898. The molecule has 0 saturated carbocycles. The summed E-state index contributed by atoms with van der Waals surface area (Å²) in [7, 11) is 0. The molecule has 0 unspecified atom stereocenters. The van der Waals surface area contributed by atoms with Gasteiger partial charge < -0.3 is 23.7 Å². The molecule has 0 bridgehead atoms. The number of nitrogens with one attached hydrogen (secondary N) is 1. The highest BCUT2D eigenvalue weighted by Gasteiger charge is 2.62. The molecule has 3 N–H and O–H groups in total. The van der Waals surface area contributed by atoms with E-state index in [0.717, 1.165) is 0 Å². The fourth-order valence-corrected chi connectivity index (χ4v) is 2.91. The lowest BCUT2D eigenvalue weighted by Gasteiger charge is -2.36. The van der Waals surface area contributed by atoms with Gasteiger partial charge in [0.05, 0.1) is 0 Å². The Bertz CT molecular complexity index is 426. The first-order valence-electron chi connectivity index (χ1n) is 6.60. The largest absolute Gasteiger partial charge is 0.342 e. The number of amides is 1. The highest BCUT2D eigenvalue weighted by molar-refractivity contribution is 5.81. The fourth-order valence-electron chi connectivity index (χ4n) is 2.91. The first kappa shape index (κ1) is 14.2. The van der Waals surface area contributed by atoms with Crippen LogP contribution in [0.15, 0.2) is 0 Å². The first-order chi connectivity index (χ1) is 9.22. The van der Waals surface area contributed by atoms with Gasteiger partial charge in [0.25, 0.3) is 5.91 Å². The quantitative estimate of drug-likeness (QED) is 0.376. The van der Waals surface area contributed by atoms with Crippen LogP contribution in [-0.2, 0) is 28.5 Å². The van der Waals surface area contributed by atoms with Crippen LogP contribution in [0.3, 0.4) is 0 Å². The molecule has 0 spiro atoms. The molecule has 3 heterocycles. The molecule has 114 valence electrons. The Hall–Kier alpha value is -0.770. The molecule has 1 amide bonds. The summed E-state index contributed by atoms with van der Waals surface area (Å²) in [6, 6.07) is 0. The number of carbonyl (C=O) groups is 1. The van der Waals surface area contributed by atoms with Gasteiger partial charge in [-0.3, -0.25) is 10.2 Å². The minimum Gasteiger partial charge on any atom is -0.342 e. The van der Waals surface area contributed by atoms with Crippen molar-refractivity contribution in [2.45, 2.75) is 70.0 Å². The van der Waals surface area contributed by atoms with Crippen LogP contribution in [0.4, 0.5) is 0 Å². The lowest BCUT2D eigenvalue weighted by Crippen LogP contribution is -2.60. The number of hydrazine groups is 1. The van der Waals surface area contributed by atoms with Crippen molar-refractivity contribution in [1.82, 2.24) is 5.43 Å². The maximum atomic E-state index is 11.9. The number of fused-ring (bicyclic) bond motifs is 3. The standard InChI is InChI=1S/C12H20N2O6/c1-11(2)17-5-6(18-11)8-10(20-12(3,4)19-8)16-7(5)9(15)14-13/h5-8,10H,13H2,1-4H3,(H,14,15)/t5-,6+,7-,8-,10-/m1/s1. The summed E-state index contributed by atoms with van der Waals surface area (Å²) in [4.78, 5) is 11.9. The zero-order chi connectivity index (χ0) is 14.7. The van der Waals surface area contributed by atoms with Gasteiger partial charge in [-0.1, -0.05) is 0 Å². The van der Waals surface area contributed by atoms with E-state index in [2.05, 4.69) is 5.43 Å². The Labute approximate surface area is 116 Å². The molecule has 0 aromatic carbocycles. The average molecular weight is 288 g/mol. The summed E-state index contributed by atoms with van der Waals surface area (Å²) in [6.07, 6.45) is -3.07. The summed E-state index contributed by atoms with van der Waals surface area (Å²) < 4.78 is 28.7. The van der Waals surface area contributed by atoms with E-state index < -0.39 is 48.2 Å². The molecule has 20 heavy (non-hydrogen) atoms. The molecule has 8 nitrogen and oxygen atoms in total. The van der Waals surface area contributed by atoms with Crippen LogP contribution >= 0.6 is 0 Å². The van der Waals surface area contributed by atoms with Crippen LogP contribution in [0.2, 0.25) is 0 Å². The first-order valence-corrected chi connectivity index (χ1v) is 6.60. The third-order valence-corrected chi connectivity index (χ3v) is 3.56. The summed E-state index contributed by atoms with van der Waals surface area (Å²) in [6.45, 7) is 7.11. The van der Waals surface area contributed by atoms with E-state index in [1.807, 2.05) is 0 Å². The summed E-state index contributed by atoms with van der Waals surface area (Å²) in [5, 5.41) is 0. The molecule has 3 saturated heterocycles. The third-order valence-electron chi connectivity index (χ3n) is 3.56. The van der Waals surface area contributed by atoms with Crippen LogP contribution in [0.5, 0.6) is 0 Å². The molecule has 0 aliphatic carbocycles. The molecule has 3 aliphatic rings. The molecule has 0 aromatic heterocycles. The predicted molar refractivity (Wildman–Crippen MR) is 64.9 cm³/mol. The van der Waals surface area contributed by atoms with Crippen LogP contribution < -0.4 is 11.3 Å². The predicted octanol–water partition coefficient (Wildman–Crippen LogP) is -0.627. The molecule has 3 fully saturated rings. The topological polar surface area (TPSA) is 101 Å². The van der Waals surface area contributed by atoms with Crippen molar-refractivity contribution in [1.29, 1.82) is 0 Å². The molecular weight excluding hydrogens is 268 g/mol. The third kappa shape index (κ3) is 2.22. The Morgan fingerprint density at radius 2 is 1.50 bits per heavy atom. The van der Waals surface area contributed by atoms with E-state index in [4.69, 9.17) is 29.5 Å². The minimum absolute atomic E-state index is 0.446. The lowest BCUT2D eigenvalue weighted by atomic mass is 9.98. The van der Waals surface area contributed by atoms with Crippen LogP contribution in [0, 0.1) is 0 Å². The van der Waals surface area contributed by atoms with E-state index in [1.165, 1.54) is 0 Å². The zero-order valence-electron chi connectivity index (χ0n) is 11.9. The van der Waals surface area contributed by atoms with Crippen molar-refractivity contribution in [3.05, 3.63) is 0 Å². The Morgan fingerprint density at radius 1 is 0.950 bits per heavy atom. The Balaban J connectivity index is 1.90. The van der Waals surface area contributed by atoms with Crippen molar-refractivity contribution in [3.63, 3.8) is 0 Å². The van der Waals surface area contributed by atoms with E-state index >= 15 is 0 Å². The smallest absolute Gasteiger partial charge is 0.265 e. The second-order valence-electron chi connectivity index (χ2n) is 6.10. The highest BCUT2D eigenvalue weighted by Crippen LogP contribution is 2.43. The molecule has 5 atom stereocenters. The van der Waals surface area contributed by atoms with Crippen LogP contribution in [-0.4, -0.2) is 48.2 Å². The average Bonchev–Trinajstić information content (AvgIpc) is 2.81. The SMILES string of the molecule is CC1(C)O[C@H]2[C@@H](O1)[C@H](C(=O)NN)O[C@@H]1OC(C)(C)O[C@@H]12. The number of hydrogen-bond donors (Lipinski definition) is 2. The van der Waals surface area contributed by atoms with Gasteiger partial charge in [0.1, 0.15) is 18.3 Å². The van der Waals surface area contributed by atoms with Crippen LogP contribution in [0.1, 0.15) is 27.7 Å². The van der Waals surface area contributed by atoms with Gasteiger partial charge in [0.15, 0.2) is 24.0 Å². The Kier molecular flexibility index (Phi) is 3.09. The molecule has 0 radical (unpaired) electrons. The second kappa shape index (κ2) is 4.36. The normalized spacial score (nSPS) is 44.8. The van der Waals surface area contributed by atoms with Crippen molar-refractivity contribution >= 4 is 5.91 Å². The molecule has 0 aromatic rings. The van der Waals surface area contributed by atoms with E-state index in [0.29, 0.717) is 0 Å². The van der Waals surface area contributed by atoms with Crippen molar-refractivity contribution in [2.24, 2.45) is 5.84 Å². The summed E-state index contributed by atoms with van der Waals surface area (Å²) in [5.41, 5.74) is 2.08. The number of ether oxygens (including phenoxy) is 5. The van der Waals surface area contributed by atoms with Crippen molar-refractivity contribution in [3.8, 4) is 0 Å². The van der Waals surface area contributed by atoms with Gasteiger partial charge in [0, 0.05) is 0 Å². The van der Waals surface area contributed by atoms with E-state index in [-0.39, 0.29) is 0 Å². The maximum Gasteiger partial charge on any atom is 0.265 e. The monoisotopic (exact) mass is 288 g/mol. The zero-order valence-corrected chi connectivity index (χ0v) is 11.9. The summed E-state index contributed by atoms with van der Waals surface area (Å²) in [5.74, 6) is 3.09. The number of hydrogen-bond acceptors (Lipinski definition) is 7. The maximum absolute atomic E-state index is 11.9. The van der Waals surface area contributed by atoms with E-state index in [9.17, 15) is 4.79 Å². The number of carbonyl (C=O) groups excluding carboxylic acids is 1. The second-order valence-corrected chi connectivity index (χ2v) is 6.10. The highest BCUT2D eigenvalue weighted by atomic mass is 16.9. The van der Waals surface area contributed by atoms with Gasteiger partial charge in [-0.15, -0.1) is 0 Å². The van der Waals surface area contributed by atoms with E-state index in [1.54, 1.807) is 27.7 Å². The Morgan fingerprint density at radius 3 is 2.15 bits per heavy atom. The lowest BCUT2D eigenvalue weighted by molar-refractivity contribution is -0.231. The van der Waals surface area contributed by atoms with Crippen molar-refractivity contribution < 1.29 is 28.5 Å². The molecule has 3 aliphatic heterocycles. The summed E-state index contributed by atoms with van der Waals surface area (Å²) >= 11 is 0. The van der Waals surface area contributed by atoms with Gasteiger partial charge in [-0.2, -0.15) is 0 Å². The fraction of sp³-hybridized carbons (Fsp3) is 0.917.